The van der Waals surface area contributed by atoms with E-state index in [1.54, 1.807) is 37.3 Å². The fourth-order valence-corrected chi connectivity index (χ4v) is 2.52. The van der Waals surface area contributed by atoms with Crippen LogP contribution in [-0.2, 0) is 6.42 Å². The zero-order chi connectivity index (χ0) is 14.8. The molecule has 106 valence electrons. The van der Waals surface area contributed by atoms with E-state index >= 15 is 0 Å². The Hall–Kier alpha value is -1.70. The van der Waals surface area contributed by atoms with E-state index in [9.17, 15) is 8.78 Å². The van der Waals surface area contributed by atoms with Crippen LogP contribution in [0.4, 0.5) is 8.78 Å². The number of benzene rings is 1. The Labute approximate surface area is 119 Å². The molecule has 1 aliphatic carbocycles. The first-order chi connectivity index (χ1) is 9.40. The minimum absolute atomic E-state index is 0.0235. The van der Waals surface area contributed by atoms with E-state index in [0.717, 1.165) is 12.0 Å². The number of halogens is 2. The molecule has 0 saturated heterocycles. The summed E-state index contributed by atoms with van der Waals surface area (Å²) in [7, 11) is 0. The van der Waals surface area contributed by atoms with Gasteiger partial charge in [-0.25, -0.2) is 8.78 Å². The second-order valence-corrected chi connectivity index (χ2v) is 5.52. The first kappa shape index (κ1) is 14.7. The smallest absolute Gasteiger partial charge is 0.201 e. The van der Waals surface area contributed by atoms with E-state index in [1.807, 2.05) is 19.1 Å². The van der Waals surface area contributed by atoms with Crippen LogP contribution in [0.1, 0.15) is 25.8 Å². The molecule has 0 saturated carbocycles. The van der Waals surface area contributed by atoms with Crippen molar-refractivity contribution in [1.29, 1.82) is 0 Å². The molecule has 2 heteroatoms. The molecule has 0 aromatic heterocycles. The third-order valence-corrected chi connectivity index (χ3v) is 3.77. The Bertz CT molecular complexity index is 550. The number of hydrogen-bond acceptors (Lipinski definition) is 0. The quantitative estimate of drug-likeness (QED) is 0.651. The maximum absolute atomic E-state index is 14.5. The SMILES string of the molecule is C=C(C)[C@H]1C=C(C(F)(F)Cc2ccccc2)C(C)=CC1. The van der Waals surface area contributed by atoms with Crippen molar-refractivity contribution in [2.75, 3.05) is 0 Å². The topological polar surface area (TPSA) is 0 Å². The summed E-state index contributed by atoms with van der Waals surface area (Å²) in [5.74, 6) is -2.81. The van der Waals surface area contributed by atoms with Gasteiger partial charge in [-0.3, -0.25) is 0 Å². The maximum Gasteiger partial charge on any atom is 0.277 e. The van der Waals surface area contributed by atoms with Crippen LogP contribution in [0, 0.1) is 5.92 Å². The fourth-order valence-electron chi connectivity index (χ4n) is 2.52. The molecular weight excluding hydrogens is 254 g/mol. The number of rotatable bonds is 4. The van der Waals surface area contributed by atoms with Gasteiger partial charge < -0.3 is 0 Å². The van der Waals surface area contributed by atoms with Crippen LogP contribution in [0.3, 0.4) is 0 Å². The molecule has 0 spiro atoms. The number of hydrogen-bond donors (Lipinski definition) is 0. The van der Waals surface area contributed by atoms with Gasteiger partial charge in [0.1, 0.15) is 0 Å². The standard InChI is InChI=1S/C18H20F2/c1-13(2)16-10-9-14(3)17(11-16)18(19,20)12-15-7-5-4-6-8-15/h4-9,11,16H,1,10,12H2,2-3H3/t16-/m1/s1. The molecule has 0 unspecified atom stereocenters. The Balaban J connectivity index is 2.27. The highest BCUT2D eigenvalue weighted by molar-refractivity contribution is 5.41. The molecule has 0 heterocycles. The first-order valence-corrected chi connectivity index (χ1v) is 6.87. The molecule has 0 nitrogen and oxygen atoms in total. The van der Waals surface area contributed by atoms with Gasteiger partial charge in [0.25, 0.3) is 5.92 Å². The normalized spacial score (nSPS) is 19.3. The maximum atomic E-state index is 14.5. The summed E-state index contributed by atoms with van der Waals surface area (Å²) < 4.78 is 29.1. The zero-order valence-corrected chi connectivity index (χ0v) is 12.0. The van der Waals surface area contributed by atoms with Crippen LogP contribution in [-0.4, -0.2) is 5.92 Å². The van der Waals surface area contributed by atoms with Gasteiger partial charge in [-0.1, -0.05) is 54.6 Å². The molecule has 0 amide bonds. The minimum atomic E-state index is -2.84. The summed E-state index contributed by atoms with van der Waals surface area (Å²) in [6.07, 6.45) is 4.11. The number of alkyl halides is 2. The lowest BCUT2D eigenvalue weighted by molar-refractivity contribution is 0.0436. The van der Waals surface area contributed by atoms with Gasteiger partial charge >= 0.3 is 0 Å². The van der Waals surface area contributed by atoms with Crippen molar-refractivity contribution < 1.29 is 8.78 Å². The summed E-state index contributed by atoms with van der Waals surface area (Å²) in [6, 6.07) is 8.91. The monoisotopic (exact) mass is 274 g/mol. The highest BCUT2D eigenvalue weighted by Gasteiger charge is 2.36. The Morgan fingerprint density at radius 3 is 2.55 bits per heavy atom. The van der Waals surface area contributed by atoms with Gasteiger partial charge in [0.15, 0.2) is 0 Å². The lowest BCUT2D eigenvalue weighted by Gasteiger charge is -2.26. The van der Waals surface area contributed by atoms with Crippen molar-refractivity contribution in [3.8, 4) is 0 Å². The van der Waals surface area contributed by atoms with E-state index in [0.29, 0.717) is 11.1 Å². The highest BCUT2D eigenvalue weighted by atomic mass is 19.3. The average molecular weight is 274 g/mol. The first-order valence-electron chi connectivity index (χ1n) is 6.87. The van der Waals surface area contributed by atoms with Gasteiger partial charge in [-0.05, 0) is 31.4 Å². The van der Waals surface area contributed by atoms with E-state index in [1.165, 1.54) is 0 Å². The van der Waals surface area contributed by atoms with Crippen LogP contribution in [0.2, 0.25) is 0 Å². The summed E-state index contributed by atoms with van der Waals surface area (Å²) in [5, 5.41) is 0. The predicted molar refractivity (Wildman–Crippen MR) is 79.9 cm³/mol. The fraction of sp³-hybridized carbons (Fsp3) is 0.333. The molecule has 1 aliphatic rings. The zero-order valence-electron chi connectivity index (χ0n) is 12.0. The van der Waals surface area contributed by atoms with Crippen molar-refractivity contribution >= 4 is 0 Å². The van der Waals surface area contributed by atoms with E-state index < -0.39 is 5.92 Å². The molecule has 1 aromatic carbocycles. The predicted octanol–water partition coefficient (Wildman–Crippen LogP) is 5.33. The summed E-state index contributed by atoms with van der Waals surface area (Å²) >= 11 is 0. The van der Waals surface area contributed by atoms with Crippen LogP contribution in [0.25, 0.3) is 0 Å². The Morgan fingerprint density at radius 1 is 1.30 bits per heavy atom. The molecule has 20 heavy (non-hydrogen) atoms. The number of allylic oxidation sites excluding steroid dienone is 5. The molecular formula is C18H20F2. The third kappa shape index (κ3) is 3.24. The van der Waals surface area contributed by atoms with Gasteiger partial charge in [0, 0.05) is 17.9 Å². The van der Waals surface area contributed by atoms with Crippen molar-refractivity contribution in [3.63, 3.8) is 0 Å². The van der Waals surface area contributed by atoms with Gasteiger partial charge in [0.05, 0.1) is 0 Å². The van der Waals surface area contributed by atoms with E-state index in [4.69, 9.17) is 0 Å². The van der Waals surface area contributed by atoms with E-state index in [2.05, 4.69) is 6.58 Å². The van der Waals surface area contributed by atoms with Crippen molar-refractivity contribution in [3.05, 3.63) is 71.3 Å². The van der Waals surface area contributed by atoms with Crippen LogP contribution in [0.15, 0.2) is 65.8 Å². The molecule has 2 rings (SSSR count). The second kappa shape index (κ2) is 5.74. The molecule has 0 radical (unpaired) electrons. The van der Waals surface area contributed by atoms with Crippen LogP contribution in [0.5, 0.6) is 0 Å². The molecule has 0 N–H and O–H groups in total. The lowest BCUT2D eigenvalue weighted by Crippen LogP contribution is -2.26. The van der Waals surface area contributed by atoms with Crippen molar-refractivity contribution in [2.24, 2.45) is 5.92 Å². The van der Waals surface area contributed by atoms with Gasteiger partial charge in [-0.2, -0.15) is 0 Å². The van der Waals surface area contributed by atoms with E-state index in [-0.39, 0.29) is 17.9 Å². The molecule has 0 fully saturated rings. The largest absolute Gasteiger partial charge is 0.277 e. The summed E-state index contributed by atoms with van der Waals surface area (Å²) in [4.78, 5) is 0. The van der Waals surface area contributed by atoms with Crippen LogP contribution < -0.4 is 0 Å². The van der Waals surface area contributed by atoms with Crippen molar-refractivity contribution in [2.45, 2.75) is 32.6 Å². The average Bonchev–Trinajstić information content (AvgIpc) is 2.39. The highest BCUT2D eigenvalue weighted by Crippen LogP contribution is 2.38. The Morgan fingerprint density at radius 2 is 1.95 bits per heavy atom. The summed E-state index contributed by atoms with van der Waals surface area (Å²) in [6.45, 7) is 7.54. The minimum Gasteiger partial charge on any atom is -0.201 e. The molecule has 0 bridgehead atoms. The molecule has 1 aromatic rings. The van der Waals surface area contributed by atoms with Gasteiger partial charge in [-0.15, -0.1) is 0 Å². The Kier molecular flexibility index (Phi) is 4.22. The molecule has 0 aliphatic heterocycles. The van der Waals surface area contributed by atoms with Gasteiger partial charge in [0.2, 0.25) is 0 Å². The van der Waals surface area contributed by atoms with Crippen molar-refractivity contribution in [1.82, 2.24) is 0 Å². The summed E-state index contributed by atoms with van der Waals surface area (Å²) in [5.41, 5.74) is 2.43. The second-order valence-electron chi connectivity index (χ2n) is 5.52. The lowest BCUT2D eigenvalue weighted by atomic mass is 9.83. The van der Waals surface area contributed by atoms with Crippen LogP contribution >= 0.6 is 0 Å². The third-order valence-electron chi connectivity index (χ3n) is 3.77. The molecule has 1 atom stereocenters.